The standard InChI is InChI=1S/Ca.H2O3Si.H3P.2H/c;1-4(2)3;;;/h;1-2H;1H3;;. The van der Waals surface area contributed by atoms with Crippen LogP contribution in [0.5, 0.6) is 0 Å². The maximum absolute atomic E-state index is 8.74. The predicted molar refractivity (Wildman–Crippen MR) is 30.5 cm³/mol. The van der Waals surface area contributed by atoms with Crippen LogP contribution in [-0.2, 0) is 4.46 Å². The fraction of sp³-hybridized carbons (Fsp3) is 0. The Bertz CT molecular complexity index is 33.8. The van der Waals surface area contributed by atoms with Crippen molar-refractivity contribution in [3.63, 3.8) is 0 Å². The Balaban J connectivity index is -0.0000000450. The first-order valence-corrected chi connectivity index (χ1v) is 1.95. The third kappa shape index (κ3) is 57.6. The molecule has 0 rings (SSSR count). The topological polar surface area (TPSA) is 57.5 Å². The Morgan fingerprint density at radius 3 is 1.33 bits per heavy atom. The third-order valence-corrected chi connectivity index (χ3v) is 0. The van der Waals surface area contributed by atoms with E-state index in [2.05, 4.69) is 0 Å². The summed E-state index contributed by atoms with van der Waals surface area (Å²) in [6.45, 7) is 0. The summed E-state index contributed by atoms with van der Waals surface area (Å²) in [5.74, 6) is 0. The predicted octanol–water partition coefficient (Wildman–Crippen LogP) is -2.47. The summed E-state index contributed by atoms with van der Waals surface area (Å²) in [4.78, 5) is 14.3. The molecule has 0 aromatic carbocycles. The van der Waals surface area contributed by atoms with Gasteiger partial charge in [-0.15, -0.1) is 0 Å². The van der Waals surface area contributed by atoms with Crippen molar-refractivity contribution < 1.29 is 14.1 Å². The van der Waals surface area contributed by atoms with Crippen LogP contribution in [0.3, 0.4) is 0 Å². The van der Waals surface area contributed by atoms with E-state index in [1.54, 1.807) is 0 Å². The molecule has 0 aliphatic carbocycles. The minimum atomic E-state index is -3.13. The molecule has 6 heteroatoms. The molecule has 0 bridgehead atoms. The second-order valence-electron chi connectivity index (χ2n) is 0.283. The van der Waals surface area contributed by atoms with Gasteiger partial charge in [-0.05, 0) is 0 Å². The Morgan fingerprint density at radius 2 is 1.33 bits per heavy atom. The molecule has 0 heterocycles. The second kappa shape index (κ2) is 9.58. The molecule has 0 spiro atoms. The van der Waals surface area contributed by atoms with E-state index in [9.17, 15) is 0 Å². The van der Waals surface area contributed by atoms with E-state index < -0.39 is 9.17 Å². The van der Waals surface area contributed by atoms with Crippen LogP contribution < -0.4 is 0 Å². The fourth-order valence-corrected chi connectivity index (χ4v) is 0. The van der Waals surface area contributed by atoms with Crippen LogP contribution >= 0.6 is 9.90 Å². The van der Waals surface area contributed by atoms with Gasteiger partial charge in [0.1, 0.15) is 0 Å². The molecule has 1 atom stereocenters. The van der Waals surface area contributed by atoms with Gasteiger partial charge >= 0.3 is 46.9 Å². The van der Waals surface area contributed by atoms with Crippen LogP contribution in [-0.4, -0.2) is 56.5 Å². The zero-order chi connectivity index (χ0) is 3.58. The Kier molecular flexibility index (Phi) is 25.0. The molecular formula is H7CaO3PSi. The van der Waals surface area contributed by atoms with Crippen molar-refractivity contribution >= 4 is 56.8 Å². The zero-order valence-electron chi connectivity index (χ0n) is 2.51. The summed E-state index contributed by atoms with van der Waals surface area (Å²) in [6.07, 6.45) is 0. The molecule has 36 valence electrons. The maximum atomic E-state index is 8.74. The van der Waals surface area contributed by atoms with Crippen LogP contribution in [0, 0.1) is 0 Å². The van der Waals surface area contributed by atoms with Crippen molar-refractivity contribution in [2.24, 2.45) is 0 Å². The van der Waals surface area contributed by atoms with Crippen molar-refractivity contribution in [1.82, 2.24) is 0 Å². The molecule has 6 heavy (non-hydrogen) atoms. The van der Waals surface area contributed by atoms with Crippen LogP contribution in [0.1, 0.15) is 0 Å². The van der Waals surface area contributed by atoms with E-state index >= 15 is 0 Å². The van der Waals surface area contributed by atoms with E-state index in [0.29, 0.717) is 0 Å². The van der Waals surface area contributed by atoms with E-state index in [4.69, 9.17) is 14.1 Å². The summed E-state index contributed by atoms with van der Waals surface area (Å²) in [7, 11) is -3.13. The number of rotatable bonds is 0. The van der Waals surface area contributed by atoms with Gasteiger partial charge in [0.2, 0.25) is 0 Å². The molecule has 0 saturated heterocycles. The van der Waals surface area contributed by atoms with Crippen molar-refractivity contribution in [1.29, 1.82) is 0 Å². The average Bonchev–Trinajstić information content (AvgIpc) is 0.811. The molecule has 2 N–H and O–H groups in total. The van der Waals surface area contributed by atoms with E-state index in [1.807, 2.05) is 0 Å². The summed E-state index contributed by atoms with van der Waals surface area (Å²) < 4.78 is 8.74. The van der Waals surface area contributed by atoms with Gasteiger partial charge in [0.15, 0.2) is 0 Å². The molecule has 0 saturated carbocycles. The number of hydrogen-bond donors (Lipinski definition) is 2. The van der Waals surface area contributed by atoms with Gasteiger partial charge in [0.05, 0.1) is 0 Å². The Hall–Kier alpha value is 1.31. The first-order valence-electron chi connectivity index (χ1n) is 0.651. The van der Waals surface area contributed by atoms with Crippen molar-refractivity contribution in [2.45, 2.75) is 0 Å². The molecule has 0 aromatic rings. The molecule has 0 radical (unpaired) electrons. The van der Waals surface area contributed by atoms with E-state index in [1.165, 1.54) is 0 Å². The van der Waals surface area contributed by atoms with Crippen molar-refractivity contribution in [3.8, 4) is 0 Å². The van der Waals surface area contributed by atoms with E-state index in [-0.39, 0.29) is 47.6 Å². The van der Waals surface area contributed by atoms with Gasteiger partial charge in [-0.3, -0.25) is 4.46 Å². The monoisotopic (exact) mass is 154 g/mol. The zero-order valence-corrected chi connectivity index (χ0v) is 4.92. The van der Waals surface area contributed by atoms with Gasteiger partial charge in [0, 0.05) is 0 Å². The molecule has 0 aliphatic rings. The molecule has 1 unspecified atom stereocenters. The van der Waals surface area contributed by atoms with Crippen molar-refractivity contribution in [3.05, 3.63) is 0 Å². The molecule has 0 aliphatic heterocycles. The molecule has 0 aromatic heterocycles. The number of hydrogen-bond acceptors (Lipinski definition) is 1. The van der Waals surface area contributed by atoms with Crippen LogP contribution in [0.2, 0.25) is 0 Å². The summed E-state index contributed by atoms with van der Waals surface area (Å²) in [6, 6.07) is 0. The quantitative estimate of drug-likeness (QED) is 0.300. The fourth-order valence-electron chi connectivity index (χ4n) is 0. The Morgan fingerprint density at radius 1 is 1.33 bits per heavy atom. The summed E-state index contributed by atoms with van der Waals surface area (Å²) in [5, 5.41) is 0. The van der Waals surface area contributed by atoms with Crippen LogP contribution in [0.25, 0.3) is 0 Å². The molecule has 0 amide bonds. The summed E-state index contributed by atoms with van der Waals surface area (Å²) >= 11 is 0. The van der Waals surface area contributed by atoms with Crippen LogP contribution in [0.15, 0.2) is 0 Å². The average molecular weight is 154 g/mol. The molecular weight excluding hydrogens is 147 g/mol. The van der Waals surface area contributed by atoms with Gasteiger partial charge in [-0.1, -0.05) is 0 Å². The summed E-state index contributed by atoms with van der Waals surface area (Å²) in [5.41, 5.74) is 0. The first kappa shape index (κ1) is 15.7. The Labute approximate surface area is 70.3 Å². The first-order chi connectivity index (χ1) is 1.73. The molecule has 3 nitrogen and oxygen atoms in total. The SMILES string of the molecule is O=[Si](O)O.P.[CaH2]. The normalized spacial score (nSPS) is 4.00. The second-order valence-corrected chi connectivity index (χ2v) is 0.848. The van der Waals surface area contributed by atoms with Gasteiger partial charge in [-0.2, -0.15) is 9.90 Å². The van der Waals surface area contributed by atoms with Crippen molar-refractivity contribution in [2.75, 3.05) is 0 Å². The van der Waals surface area contributed by atoms with Gasteiger partial charge in [-0.25, -0.2) is 0 Å². The minimum absolute atomic E-state index is 0. The van der Waals surface area contributed by atoms with E-state index in [0.717, 1.165) is 0 Å². The van der Waals surface area contributed by atoms with Gasteiger partial charge < -0.3 is 9.59 Å². The van der Waals surface area contributed by atoms with Gasteiger partial charge in [0.25, 0.3) is 0 Å². The molecule has 0 fully saturated rings. The van der Waals surface area contributed by atoms with Crippen LogP contribution in [0.4, 0.5) is 0 Å². The third-order valence-electron chi connectivity index (χ3n) is 0.